The number of benzene rings is 1. The molecule has 1 aromatic rings. The number of hydrogen-bond acceptors (Lipinski definition) is 7. The molecule has 0 bridgehead atoms. The van der Waals surface area contributed by atoms with E-state index in [2.05, 4.69) is 73.0 Å². The van der Waals surface area contributed by atoms with E-state index >= 15 is 0 Å². The van der Waals surface area contributed by atoms with Gasteiger partial charge in [-0.1, -0.05) is 41.5 Å². The molecule has 0 unspecified atom stereocenters. The quantitative estimate of drug-likeness (QED) is 0.273. The summed E-state index contributed by atoms with van der Waals surface area (Å²) in [6, 6.07) is 0.894. The summed E-state index contributed by atoms with van der Waals surface area (Å²) in [6.07, 6.45) is 1.16. The number of thioether (sulfide) groups is 1. The van der Waals surface area contributed by atoms with Crippen molar-refractivity contribution in [3.63, 3.8) is 0 Å². The smallest absolute Gasteiger partial charge is 0.338 e. The molecule has 8 nitrogen and oxygen atoms in total. The molecule has 1 aromatic carbocycles. The van der Waals surface area contributed by atoms with Gasteiger partial charge < -0.3 is 24.0 Å². The zero-order valence-corrected chi connectivity index (χ0v) is 29.0. The minimum atomic E-state index is -2.34. The first kappa shape index (κ1) is 34.2. The Morgan fingerprint density at radius 3 is 2.08 bits per heavy atom. The molecule has 1 aliphatic heterocycles. The molecule has 1 amide bonds. The van der Waals surface area contributed by atoms with E-state index in [1.54, 1.807) is 0 Å². The fraction of sp³-hybridized carbons (Fsp3) is 0.690. The lowest BCUT2D eigenvalue weighted by atomic mass is 10.0. The maximum absolute atomic E-state index is 13.7. The van der Waals surface area contributed by atoms with Gasteiger partial charge in [-0.2, -0.15) is 11.8 Å². The third-order valence-electron chi connectivity index (χ3n) is 8.35. The van der Waals surface area contributed by atoms with Crippen molar-refractivity contribution in [2.24, 2.45) is 0 Å². The number of cyclic esters (lactones) is 1. The topological polar surface area (TPSA) is 111 Å². The van der Waals surface area contributed by atoms with Gasteiger partial charge in [0.1, 0.15) is 17.5 Å². The monoisotopic (exact) mass is 611 g/mol. The molecule has 1 atom stereocenters. The fourth-order valence-corrected chi connectivity index (χ4v) is 6.78. The molecule has 226 valence electrons. The Kier molecular flexibility index (Phi) is 11.0. The number of aliphatic carboxylic acids is 1. The minimum Gasteiger partial charge on any atom is -0.543 e. The Balaban J connectivity index is 2.73. The Labute approximate surface area is 246 Å². The van der Waals surface area contributed by atoms with Gasteiger partial charge in [-0.05, 0) is 56.0 Å². The van der Waals surface area contributed by atoms with Gasteiger partial charge in [0.2, 0.25) is 22.5 Å². The summed E-state index contributed by atoms with van der Waals surface area (Å²) in [6.45, 7) is 23.7. The number of fused-ring (bicyclic) bond motifs is 1. The zero-order chi connectivity index (χ0) is 30.7. The Hall–Kier alpha value is -1.99. The van der Waals surface area contributed by atoms with E-state index in [4.69, 9.17) is 13.6 Å². The summed E-state index contributed by atoms with van der Waals surface area (Å²) in [5, 5.41) is 12.2. The molecule has 0 saturated carbocycles. The number of ether oxygens (including phenoxy) is 1. The lowest BCUT2D eigenvalue weighted by molar-refractivity contribution is -0.141. The van der Waals surface area contributed by atoms with E-state index in [1.165, 1.54) is 11.8 Å². The first-order valence-electron chi connectivity index (χ1n) is 14.0. The van der Waals surface area contributed by atoms with Crippen LogP contribution in [0.25, 0.3) is 0 Å². The summed E-state index contributed by atoms with van der Waals surface area (Å²) >= 11 is 1.34. The highest BCUT2D eigenvalue weighted by Gasteiger charge is 2.42. The summed E-state index contributed by atoms with van der Waals surface area (Å²) in [4.78, 5) is 37.8. The van der Waals surface area contributed by atoms with Gasteiger partial charge in [0.05, 0.1) is 12.2 Å². The molecule has 0 saturated heterocycles. The second-order valence-electron chi connectivity index (χ2n) is 13.6. The van der Waals surface area contributed by atoms with Crippen LogP contribution in [0.4, 0.5) is 0 Å². The van der Waals surface area contributed by atoms with Crippen LogP contribution >= 0.6 is 11.8 Å². The molecular formula is C29H49NO7SSi2. The third-order valence-corrected chi connectivity index (χ3v) is 18.1. The van der Waals surface area contributed by atoms with Crippen LogP contribution in [-0.4, -0.2) is 58.0 Å². The Morgan fingerprint density at radius 1 is 1.00 bits per heavy atom. The highest BCUT2D eigenvalue weighted by atomic mass is 32.2. The molecular weight excluding hydrogens is 563 g/mol. The molecule has 1 heterocycles. The number of carboxylic acids is 1. The van der Waals surface area contributed by atoms with Gasteiger partial charge in [-0.3, -0.25) is 4.79 Å². The second kappa shape index (κ2) is 12.9. The molecule has 40 heavy (non-hydrogen) atoms. The van der Waals surface area contributed by atoms with Gasteiger partial charge in [0.15, 0.2) is 0 Å². The van der Waals surface area contributed by atoms with E-state index < -0.39 is 34.6 Å². The average Bonchev–Trinajstić information content (AvgIpc) is 2.78. The number of hydrogen-bond donors (Lipinski definition) is 2. The largest absolute Gasteiger partial charge is 0.543 e. The highest BCUT2D eigenvalue weighted by molar-refractivity contribution is 7.98. The zero-order valence-electron chi connectivity index (χ0n) is 26.2. The molecule has 0 aliphatic carbocycles. The second-order valence-corrected chi connectivity index (χ2v) is 24.1. The maximum Gasteiger partial charge on any atom is 0.338 e. The van der Waals surface area contributed by atoms with Crippen molar-refractivity contribution in [2.45, 2.75) is 116 Å². The number of nitrogens with one attached hydrogen (secondary N) is 1. The van der Waals surface area contributed by atoms with Gasteiger partial charge in [0.25, 0.3) is 0 Å². The summed E-state index contributed by atoms with van der Waals surface area (Å²) in [5.41, 5.74) is 1.79. The molecule has 1 aliphatic rings. The molecule has 2 rings (SSSR count). The first-order chi connectivity index (χ1) is 18.2. The molecule has 0 fully saturated rings. The van der Waals surface area contributed by atoms with E-state index in [0.717, 1.165) is 0 Å². The predicted molar refractivity (Wildman–Crippen MR) is 167 cm³/mol. The van der Waals surface area contributed by atoms with Crippen LogP contribution in [0.5, 0.6) is 11.5 Å². The first-order valence-corrected chi connectivity index (χ1v) is 21.0. The number of carbonyl (C=O) groups excluding carboxylic acids is 2. The minimum absolute atomic E-state index is 0.0564. The van der Waals surface area contributed by atoms with Crippen LogP contribution in [0.1, 0.15) is 82.3 Å². The van der Waals surface area contributed by atoms with Crippen LogP contribution in [0.15, 0.2) is 6.07 Å². The van der Waals surface area contributed by atoms with Crippen molar-refractivity contribution in [1.29, 1.82) is 0 Å². The van der Waals surface area contributed by atoms with Crippen LogP contribution in [0.3, 0.4) is 0 Å². The van der Waals surface area contributed by atoms with Gasteiger partial charge in [-0.15, -0.1) is 0 Å². The molecule has 11 heteroatoms. The van der Waals surface area contributed by atoms with Crippen molar-refractivity contribution in [3.8, 4) is 11.5 Å². The van der Waals surface area contributed by atoms with Gasteiger partial charge in [0, 0.05) is 35.1 Å². The van der Waals surface area contributed by atoms with Crippen molar-refractivity contribution in [1.82, 2.24) is 5.32 Å². The number of carboxylic acid groups (broad SMARTS) is 1. The lowest BCUT2D eigenvalue weighted by Gasteiger charge is -2.39. The van der Waals surface area contributed by atoms with Crippen LogP contribution in [0.2, 0.25) is 36.3 Å². The summed E-state index contributed by atoms with van der Waals surface area (Å²) in [7, 11) is -4.61. The van der Waals surface area contributed by atoms with Crippen LogP contribution < -0.4 is 14.2 Å². The van der Waals surface area contributed by atoms with Gasteiger partial charge >= 0.3 is 11.9 Å². The summed E-state index contributed by atoms with van der Waals surface area (Å²) < 4.78 is 19.3. The van der Waals surface area contributed by atoms with Crippen LogP contribution in [-0.2, 0) is 20.1 Å². The average molecular weight is 612 g/mol. The fourth-order valence-electron chi connectivity index (χ4n) is 3.60. The molecule has 0 aromatic heterocycles. The number of esters is 1. The maximum atomic E-state index is 13.7. The van der Waals surface area contributed by atoms with E-state index in [-0.39, 0.29) is 34.8 Å². The Bertz CT molecular complexity index is 1110. The Morgan fingerprint density at radius 2 is 1.55 bits per heavy atom. The number of carbonyl (C=O) groups is 3. The van der Waals surface area contributed by atoms with E-state index in [1.807, 2.05) is 13.0 Å². The lowest BCUT2D eigenvalue weighted by Crippen LogP contribution is -2.45. The number of amides is 1. The van der Waals surface area contributed by atoms with Crippen molar-refractivity contribution in [3.05, 3.63) is 22.8 Å². The standard InChI is InChI=1S/C29H49NO7SSi2/c1-19-22(36-39(8,9)28(2,3)4)16-23(37-40(10,11)29(5,6)7)20-17-38-18-21(26(32)33)30-24(31)14-12-13-15-35-27(34)25(19)20/h16,21H,12-15,17-18H2,1-11H3,(H,30,31)(H,32,33)/t21-/m0/s1. The number of rotatable bonds is 5. The van der Waals surface area contributed by atoms with Crippen molar-refractivity contribution < 1.29 is 33.1 Å². The van der Waals surface area contributed by atoms with Crippen LogP contribution in [0, 0.1) is 6.92 Å². The normalized spacial score (nSPS) is 18.6. The molecule has 0 radical (unpaired) electrons. The highest BCUT2D eigenvalue weighted by Crippen LogP contribution is 2.45. The van der Waals surface area contributed by atoms with Crippen molar-refractivity contribution in [2.75, 3.05) is 12.4 Å². The third kappa shape index (κ3) is 8.51. The molecule has 2 N–H and O–H groups in total. The van der Waals surface area contributed by atoms with Gasteiger partial charge in [-0.25, -0.2) is 9.59 Å². The van der Waals surface area contributed by atoms with E-state index in [0.29, 0.717) is 46.8 Å². The predicted octanol–water partition coefficient (Wildman–Crippen LogP) is 6.91. The molecule has 0 spiro atoms. The van der Waals surface area contributed by atoms with E-state index in [9.17, 15) is 19.5 Å². The SMILES string of the molecule is Cc1c(O[Si](C)(C)C(C)(C)C)cc(O[Si](C)(C)C(C)(C)C)c2c1C(=O)OCCCCC(=O)N[C@H](C(=O)O)CSC2. The summed E-state index contributed by atoms with van der Waals surface area (Å²) in [5.74, 6) is -0.191. The van der Waals surface area contributed by atoms with Crippen molar-refractivity contribution >= 4 is 46.2 Å².